The molecule has 0 amide bonds. The van der Waals surface area contributed by atoms with Crippen LogP contribution in [0.4, 0.5) is 4.39 Å². The lowest BCUT2D eigenvalue weighted by atomic mass is 10.0. The van der Waals surface area contributed by atoms with Crippen molar-refractivity contribution >= 4 is 5.97 Å². The van der Waals surface area contributed by atoms with Crippen LogP contribution in [0.3, 0.4) is 0 Å². The quantitative estimate of drug-likeness (QED) is 0.504. The first-order valence-electron chi connectivity index (χ1n) is 5.95. The zero-order valence-corrected chi connectivity index (χ0v) is 10.6. The lowest BCUT2D eigenvalue weighted by Crippen LogP contribution is -1.99. The Bertz CT molecular complexity index is 327. The summed E-state index contributed by atoms with van der Waals surface area (Å²) in [6.07, 6.45) is 6.36. The number of aliphatic carboxylic acids is 1. The molecule has 0 saturated heterocycles. The van der Waals surface area contributed by atoms with Gasteiger partial charge in [0.2, 0.25) is 0 Å². The molecule has 0 spiro atoms. The number of hydrogen-bond acceptors (Lipinski definition) is 1. The molecule has 0 unspecified atom stereocenters. The van der Waals surface area contributed by atoms with E-state index < -0.39 is 11.8 Å². The third kappa shape index (κ3) is 6.05. The second-order valence-electron chi connectivity index (χ2n) is 3.88. The molecular weight excluding hydrogens is 219 g/mol. The topological polar surface area (TPSA) is 37.3 Å². The van der Waals surface area contributed by atoms with Gasteiger partial charge >= 0.3 is 5.97 Å². The summed E-state index contributed by atoms with van der Waals surface area (Å²) in [5, 5.41) is 8.66. The standard InChI is InChI=1S/C14H21FO2/c1-4-7-8-9-11(5-2)14(15)12(6-3)10-13(16)17/h5-6H,3-4,7-10H2,1-2H3,(H,16,17)/b11-5-,14-12-. The van der Waals surface area contributed by atoms with Gasteiger partial charge in [-0.15, -0.1) is 0 Å². The molecule has 0 bridgehead atoms. The second-order valence-corrected chi connectivity index (χ2v) is 3.88. The van der Waals surface area contributed by atoms with Crippen LogP contribution in [-0.4, -0.2) is 11.1 Å². The van der Waals surface area contributed by atoms with E-state index in [9.17, 15) is 9.18 Å². The number of hydrogen-bond donors (Lipinski definition) is 1. The van der Waals surface area contributed by atoms with Gasteiger partial charge in [-0.25, -0.2) is 4.39 Å². The van der Waals surface area contributed by atoms with Crippen molar-refractivity contribution in [1.29, 1.82) is 0 Å². The van der Waals surface area contributed by atoms with Gasteiger partial charge in [-0.3, -0.25) is 4.79 Å². The van der Waals surface area contributed by atoms with E-state index in [2.05, 4.69) is 13.5 Å². The fraction of sp³-hybridized carbons (Fsp3) is 0.500. The maximum absolute atomic E-state index is 14.0. The second kappa shape index (κ2) is 8.74. The van der Waals surface area contributed by atoms with Crippen molar-refractivity contribution in [2.24, 2.45) is 0 Å². The zero-order chi connectivity index (χ0) is 13.3. The Hall–Kier alpha value is -1.38. The highest BCUT2D eigenvalue weighted by atomic mass is 19.1. The first kappa shape index (κ1) is 15.6. The summed E-state index contributed by atoms with van der Waals surface area (Å²) in [5.41, 5.74) is 0.733. The van der Waals surface area contributed by atoms with Crippen molar-refractivity contribution in [3.05, 3.63) is 35.7 Å². The van der Waals surface area contributed by atoms with Crippen molar-refractivity contribution in [3.8, 4) is 0 Å². The third-order valence-electron chi connectivity index (χ3n) is 2.55. The highest BCUT2D eigenvalue weighted by molar-refractivity contribution is 5.71. The SMILES string of the molecule is C=C/C(CC(=O)O)=C(F)\C(=C/C)CCCCC. The molecule has 3 heteroatoms. The van der Waals surface area contributed by atoms with Crippen LogP contribution >= 0.6 is 0 Å². The summed E-state index contributed by atoms with van der Waals surface area (Å²) in [7, 11) is 0. The van der Waals surface area contributed by atoms with E-state index in [4.69, 9.17) is 5.11 Å². The summed E-state index contributed by atoms with van der Waals surface area (Å²) in [6.45, 7) is 7.31. The molecule has 2 nitrogen and oxygen atoms in total. The van der Waals surface area contributed by atoms with E-state index in [1.807, 2.05) is 0 Å². The van der Waals surface area contributed by atoms with Crippen LogP contribution < -0.4 is 0 Å². The van der Waals surface area contributed by atoms with Gasteiger partial charge in [0.25, 0.3) is 0 Å². The number of rotatable bonds is 8. The predicted octanol–water partition coefficient (Wildman–Crippen LogP) is 4.40. The summed E-state index contributed by atoms with van der Waals surface area (Å²) < 4.78 is 14.0. The van der Waals surface area contributed by atoms with E-state index in [0.29, 0.717) is 12.0 Å². The average Bonchev–Trinajstić information content (AvgIpc) is 2.30. The molecule has 0 aromatic heterocycles. The molecule has 0 aliphatic heterocycles. The van der Waals surface area contributed by atoms with E-state index in [0.717, 1.165) is 19.3 Å². The number of carboxylic acid groups (broad SMARTS) is 1. The fourth-order valence-corrected chi connectivity index (χ4v) is 1.55. The monoisotopic (exact) mass is 240 g/mol. The first-order chi connectivity index (χ1) is 8.06. The summed E-state index contributed by atoms with van der Waals surface area (Å²) in [6, 6.07) is 0. The highest BCUT2D eigenvalue weighted by Crippen LogP contribution is 2.24. The van der Waals surface area contributed by atoms with Gasteiger partial charge in [0, 0.05) is 0 Å². The third-order valence-corrected chi connectivity index (χ3v) is 2.55. The summed E-state index contributed by atoms with van der Waals surface area (Å²) >= 11 is 0. The zero-order valence-electron chi connectivity index (χ0n) is 10.6. The van der Waals surface area contributed by atoms with Crippen LogP contribution in [0.15, 0.2) is 35.7 Å². The van der Waals surface area contributed by atoms with Crippen molar-refractivity contribution in [3.63, 3.8) is 0 Å². The van der Waals surface area contributed by atoms with Crippen molar-refractivity contribution in [2.75, 3.05) is 0 Å². The molecule has 0 rings (SSSR count). The molecule has 0 fully saturated rings. The lowest BCUT2D eigenvalue weighted by Gasteiger charge is -2.07. The number of carbonyl (C=O) groups is 1. The minimum absolute atomic E-state index is 0.155. The Morgan fingerprint density at radius 2 is 2.06 bits per heavy atom. The molecule has 0 heterocycles. The Balaban J connectivity index is 4.79. The molecular formula is C14H21FO2. The number of unbranched alkanes of at least 4 members (excludes halogenated alkanes) is 2. The van der Waals surface area contributed by atoms with Gasteiger partial charge in [0.15, 0.2) is 0 Å². The summed E-state index contributed by atoms with van der Waals surface area (Å²) in [4.78, 5) is 10.6. The minimum atomic E-state index is -1.04. The van der Waals surface area contributed by atoms with E-state index in [-0.39, 0.29) is 12.0 Å². The predicted molar refractivity (Wildman–Crippen MR) is 68.5 cm³/mol. The Morgan fingerprint density at radius 1 is 1.41 bits per heavy atom. The van der Waals surface area contributed by atoms with Crippen molar-refractivity contribution < 1.29 is 14.3 Å². The minimum Gasteiger partial charge on any atom is -0.481 e. The van der Waals surface area contributed by atoms with Crippen LogP contribution in [0.25, 0.3) is 0 Å². The maximum atomic E-state index is 14.0. The average molecular weight is 240 g/mol. The molecule has 0 aliphatic rings. The van der Waals surface area contributed by atoms with Crippen LogP contribution in [0.1, 0.15) is 46.0 Å². The van der Waals surface area contributed by atoms with Crippen molar-refractivity contribution in [1.82, 2.24) is 0 Å². The van der Waals surface area contributed by atoms with E-state index >= 15 is 0 Å². The van der Waals surface area contributed by atoms with Crippen LogP contribution in [0, 0.1) is 0 Å². The molecule has 0 radical (unpaired) electrons. The Morgan fingerprint density at radius 3 is 2.47 bits per heavy atom. The molecule has 0 aliphatic carbocycles. The number of halogens is 1. The fourth-order valence-electron chi connectivity index (χ4n) is 1.55. The molecule has 96 valence electrons. The van der Waals surface area contributed by atoms with Gasteiger partial charge in [-0.05, 0) is 30.9 Å². The molecule has 0 aromatic rings. The van der Waals surface area contributed by atoms with Crippen LogP contribution in [0.5, 0.6) is 0 Å². The van der Waals surface area contributed by atoms with Crippen molar-refractivity contribution in [2.45, 2.75) is 46.0 Å². The number of allylic oxidation sites excluding steroid dienone is 4. The Labute approximate surface area is 103 Å². The van der Waals surface area contributed by atoms with Gasteiger partial charge in [-0.1, -0.05) is 38.5 Å². The molecule has 1 N–H and O–H groups in total. The van der Waals surface area contributed by atoms with Crippen LogP contribution in [0.2, 0.25) is 0 Å². The smallest absolute Gasteiger partial charge is 0.307 e. The number of carboxylic acids is 1. The highest BCUT2D eigenvalue weighted by Gasteiger charge is 2.11. The first-order valence-corrected chi connectivity index (χ1v) is 5.95. The molecule has 17 heavy (non-hydrogen) atoms. The van der Waals surface area contributed by atoms with Gasteiger partial charge in [0.1, 0.15) is 5.83 Å². The van der Waals surface area contributed by atoms with Gasteiger partial charge in [0.05, 0.1) is 6.42 Å². The van der Waals surface area contributed by atoms with Gasteiger partial charge < -0.3 is 5.11 Å². The van der Waals surface area contributed by atoms with E-state index in [1.54, 1.807) is 13.0 Å². The Kier molecular flexibility index (Phi) is 8.03. The maximum Gasteiger partial charge on any atom is 0.307 e. The molecule has 0 atom stereocenters. The van der Waals surface area contributed by atoms with Gasteiger partial charge in [-0.2, -0.15) is 0 Å². The van der Waals surface area contributed by atoms with E-state index in [1.165, 1.54) is 6.08 Å². The molecule has 0 aromatic carbocycles. The normalized spacial score (nSPS) is 13.2. The lowest BCUT2D eigenvalue weighted by molar-refractivity contribution is -0.136. The van der Waals surface area contributed by atoms with Crippen LogP contribution in [-0.2, 0) is 4.79 Å². The largest absolute Gasteiger partial charge is 0.481 e. The summed E-state index contributed by atoms with van der Waals surface area (Å²) in [5.74, 6) is -1.47. The molecule has 0 saturated carbocycles.